The lowest BCUT2D eigenvalue weighted by molar-refractivity contribution is -0.130. The van der Waals surface area contributed by atoms with Gasteiger partial charge in [0.05, 0.1) is 7.11 Å². The van der Waals surface area contributed by atoms with E-state index in [-0.39, 0.29) is 23.1 Å². The van der Waals surface area contributed by atoms with E-state index in [0.717, 1.165) is 5.56 Å². The lowest BCUT2D eigenvalue weighted by Gasteiger charge is -2.10. The van der Waals surface area contributed by atoms with Gasteiger partial charge in [-0.2, -0.15) is 8.78 Å². The number of carbonyl (C=O) groups excluding carboxylic acids is 1. The van der Waals surface area contributed by atoms with Crippen LogP contribution < -0.4 is 9.47 Å². The molecule has 0 unspecified atom stereocenters. The van der Waals surface area contributed by atoms with Gasteiger partial charge >= 0.3 is 12.6 Å². The number of alkyl halides is 2. The molecule has 0 bridgehead atoms. The summed E-state index contributed by atoms with van der Waals surface area (Å²) < 4.78 is 39.3. The van der Waals surface area contributed by atoms with E-state index in [4.69, 9.17) is 9.47 Å². The van der Waals surface area contributed by atoms with E-state index in [9.17, 15) is 13.6 Å². The third-order valence-electron chi connectivity index (χ3n) is 3.59. The summed E-state index contributed by atoms with van der Waals surface area (Å²) in [5.74, 6) is -0.591. The number of halogens is 2. The molecule has 7 heteroatoms. The zero-order valence-corrected chi connectivity index (χ0v) is 14.3. The van der Waals surface area contributed by atoms with Crippen LogP contribution in [0.25, 0.3) is 6.08 Å². The molecule has 0 aliphatic carbocycles. The molecule has 1 aliphatic rings. The highest BCUT2D eigenvalue weighted by atomic mass is 19.3. The minimum absolute atomic E-state index is 0.0567. The average Bonchev–Trinajstić information content (AvgIpc) is 3.03. The average molecular weight is 371 g/mol. The molecule has 0 radical (unpaired) electrons. The van der Waals surface area contributed by atoms with Gasteiger partial charge in [0.2, 0.25) is 5.90 Å². The molecule has 1 aliphatic heterocycles. The molecule has 27 heavy (non-hydrogen) atoms. The Balaban J connectivity index is 1.81. The first-order valence-electron chi connectivity index (χ1n) is 7.94. The number of benzene rings is 2. The van der Waals surface area contributed by atoms with Crippen molar-refractivity contribution in [2.24, 2.45) is 4.99 Å². The molecule has 0 saturated heterocycles. The maximum Gasteiger partial charge on any atom is 0.387 e. The van der Waals surface area contributed by atoms with Crippen LogP contribution in [-0.4, -0.2) is 25.6 Å². The number of esters is 1. The summed E-state index contributed by atoms with van der Waals surface area (Å²) in [6.07, 6.45) is 5.06. The second-order valence-electron chi connectivity index (χ2n) is 5.37. The zero-order chi connectivity index (χ0) is 19.2. The number of methoxy groups -OCH3 is 1. The van der Waals surface area contributed by atoms with Gasteiger partial charge < -0.3 is 14.2 Å². The fourth-order valence-corrected chi connectivity index (χ4v) is 2.36. The van der Waals surface area contributed by atoms with Crippen LogP contribution in [0.3, 0.4) is 0 Å². The Morgan fingerprint density at radius 2 is 1.89 bits per heavy atom. The summed E-state index contributed by atoms with van der Waals surface area (Å²) in [4.78, 5) is 16.1. The molecular formula is C20H15F2NO4. The van der Waals surface area contributed by atoms with Crippen molar-refractivity contribution < 1.29 is 27.8 Å². The third kappa shape index (κ3) is 4.58. The summed E-state index contributed by atoms with van der Waals surface area (Å²) in [6.45, 7) is -2.97. The van der Waals surface area contributed by atoms with Crippen molar-refractivity contribution in [3.05, 3.63) is 77.5 Å². The Morgan fingerprint density at radius 1 is 1.11 bits per heavy atom. The van der Waals surface area contributed by atoms with Crippen LogP contribution in [0.15, 0.2) is 71.4 Å². The van der Waals surface area contributed by atoms with Gasteiger partial charge in [-0.25, -0.2) is 9.79 Å². The van der Waals surface area contributed by atoms with Crippen molar-refractivity contribution in [3.8, 4) is 11.5 Å². The highest BCUT2D eigenvalue weighted by Gasteiger charge is 2.24. The number of cyclic esters (lactones) is 1. The molecule has 0 saturated carbocycles. The summed E-state index contributed by atoms with van der Waals surface area (Å²) in [5.41, 5.74) is 1.51. The lowest BCUT2D eigenvalue weighted by Crippen LogP contribution is -2.07. The van der Waals surface area contributed by atoms with Crippen LogP contribution in [0, 0.1) is 0 Å². The minimum Gasteiger partial charge on any atom is -0.493 e. The van der Waals surface area contributed by atoms with Crippen LogP contribution in [-0.2, 0) is 9.53 Å². The minimum atomic E-state index is -2.97. The number of ether oxygens (including phenoxy) is 3. The molecule has 1 heterocycles. The van der Waals surface area contributed by atoms with E-state index in [1.54, 1.807) is 6.08 Å². The Labute approximate surface area is 154 Å². The lowest BCUT2D eigenvalue weighted by atomic mass is 10.2. The molecule has 5 nitrogen and oxygen atoms in total. The van der Waals surface area contributed by atoms with Crippen molar-refractivity contribution in [1.82, 2.24) is 0 Å². The van der Waals surface area contributed by atoms with Gasteiger partial charge in [0, 0.05) is 5.56 Å². The van der Waals surface area contributed by atoms with Crippen LogP contribution in [0.1, 0.15) is 11.1 Å². The molecule has 0 spiro atoms. The Morgan fingerprint density at radius 3 is 2.59 bits per heavy atom. The smallest absolute Gasteiger partial charge is 0.387 e. The van der Waals surface area contributed by atoms with Crippen molar-refractivity contribution in [2.75, 3.05) is 7.11 Å². The highest BCUT2D eigenvalue weighted by Crippen LogP contribution is 2.30. The van der Waals surface area contributed by atoms with E-state index in [1.807, 2.05) is 36.4 Å². The maximum atomic E-state index is 12.4. The summed E-state index contributed by atoms with van der Waals surface area (Å²) in [7, 11) is 1.32. The van der Waals surface area contributed by atoms with Crippen molar-refractivity contribution in [3.63, 3.8) is 0 Å². The van der Waals surface area contributed by atoms with Gasteiger partial charge in [-0.1, -0.05) is 42.5 Å². The van der Waals surface area contributed by atoms with Gasteiger partial charge in [-0.05, 0) is 29.8 Å². The Bertz CT molecular complexity index is 921. The summed E-state index contributed by atoms with van der Waals surface area (Å²) in [6, 6.07) is 13.7. The van der Waals surface area contributed by atoms with Crippen molar-refractivity contribution >= 4 is 17.9 Å². The first-order valence-corrected chi connectivity index (χ1v) is 7.94. The van der Waals surface area contributed by atoms with Crippen LogP contribution >= 0.6 is 0 Å². The molecule has 138 valence electrons. The number of allylic oxidation sites excluding steroid dienone is 2. The van der Waals surface area contributed by atoms with Crippen LogP contribution in [0.2, 0.25) is 0 Å². The number of rotatable bonds is 6. The molecule has 3 rings (SSSR count). The Kier molecular flexibility index (Phi) is 5.61. The van der Waals surface area contributed by atoms with Gasteiger partial charge in [0.15, 0.2) is 17.2 Å². The van der Waals surface area contributed by atoms with E-state index in [2.05, 4.69) is 9.73 Å². The largest absolute Gasteiger partial charge is 0.493 e. The third-order valence-corrected chi connectivity index (χ3v) is 3.59. The second kappa shape index (κ2) is 8.27. The van der Waals surface area contributed by atoms with E-state index in [0.29, 0.717) is 5.56 Å². The monoisotopic (exact) mass is 371 g/mol. The fourth-order valence-electron chi connectivity index (χ4n) is 2.36. The molecule has 0 atom stereocenters. The molecule has 0 aromatic heterocycles. The van der Waals surface area contributed by atoms with Gasteiger partial charge in [0.25, 0.3) is 0 Å². The van der Waals surface area contributed by atoms with E-state index >= 15 is 0 Å². The number of nitrogens with zero attached hydrogens (tertiary/aromatic N) is 1. The van der Waals surface area contributed by atoms with Crippen LogP contribution in [0.5, 0.6) is 11.5 Å². The highest BCUT2D eigenvalue weighted by molar-refractivity contribution is 6.11. The maximum absolute atomic E-state index is 12.4. The van der Waals surface area contributed by atoms with Gasteiger partial charge in [0.1, 0.15) is 0 Å². The SMILES string of the molecule is COc1cc(C2=N/C(=C\C=C\c3ccccc3)C(=O)O2)ccc1OC(F)F. The van der Waals surface area contributed by atoms with Gasteiger partial charge in [-0.3, -0.25) is 0 Å². The molecule has 0 N–H and O–H groups in total. The topological polar surface area (TPSA) is 57.1 Å². The predicted molar refractivity (Wildman–Crippen MR) is 95.8 cm³/mol. The zero-order valence-electron chi connectivity index (χ0n) is 14.3. The number of carbonyl (C=O) groups is 1. The second-order valence-corrected chi connectivity index (χ2v) is 5.37. The molecular weight excluding hydrogens is 356 g/mol. The standard InChI is InChI=1S/C20H15F2NO4/c1-25-17-12-14(10-11-16(17)26-20(21)22)18-23-15(19(24)27-18)9-5-8-13-6-3-2-4-7-13/h2-12,20H,1H3/b8-5+,15-9-. The Hall–Kier alpha value is -3.48. The fraction of sp³-hybridized carbons (Fsp3) is 0.100. The molecule has 2 aromatic rings. The number of aliphatic imine (C=N–C) groups is 1. The normalized spacial score (nSPS) is 15.3. The first-order chi connectivity index (χ1) is 13.1. The quantitative estimate of drug-likeness (QED) is 0.564. The number of hydrogen-bond acceptors (Lipinski definition) is 5. The first kappa shape index (κ1) is 18.3. The van der Waals surface area contributed by atoms with Crippen molar-refractivity contribution in [1.29, 1.82) is 0 Å². The van der Waals surface area contributed by atoms with E-state index < -0.39 is 12.6 Å². The molecule has 0 amide bonds. The van der Waals surface area contributed by atoms with Crippen molar-refractivity contribution in [2.45, 2.75) is 6.61 Å². The predicted octanol–water partition coefficient (Wildman–Crippen LogP) is 4.20. The van der Waals surface area contributed by atoms with Gasteiger partial charge in [-0.15, -0.1) is 0 Å². The summed E-state index contributed by atoms with van der Waals surface area (Å²) in [5, 5.41) is 0. The summed E-state index contributed by atoms with van der Waals surface area (Å²) >= 11 is 0. The molecule has 2 aromatic carbocycles. The van der Waals surface area contributed by atoms with Crippen LogP contribution in [0.4, 0.5) is 8.78 Å². The number of hydrogen-bond donors (Lipinski definition) is 0. The molecule has 0 fully saturated rings. The van der Waals surface area contributed by atoms with E-state index in [1.165, 1.54) is 31.4 Å².